The third kappa shape index (κ3) is 2.92. The number of benzene rings is 1. The lowest BCUT2D eigenvalue weighted by Gasteiger charge is -2.24. The van der Waals surface area contributed by atoms with Crippen LogP contribution in [0.3, 0.4) is 0 Å². The van der Waals surface area contributed by atoms with E-state index in [9.17, 15) is 9.18 Å². The van der Waals surface area contributed by atoms with Crippen molar-refractivity contribution in [1.29, 1.82) is 0 Å². The van der Waals surface area contributed by atoms with Crippen molar-refractivity contribution in [1.82, 2.24) is 9.78 Å². The van der Waals surface area contributed by atoms with Gasteiger partial charge in [0.15, 0.2) is 0 Å². The Labute approximate surface area is 141 Å². The third-order valence-electron chi connectivity index (χ3n) is 5.53. The monoisotopic (exact) mass is 329 g/mol. The van der Waals surface area contributed by atoms with Crippen molar-refractivity contribution in [2.24, 2.45) is 0 Å². The Hall–Kier alpha value is -1.91. The highest BCUT2D eigenvalue weighted by Gasteiger charge is 2.21. The van der Waals surface area contributed by atoms with Crippen molar-refractivity contribution in [3.8, 4) is 0 Å². The van der Waals surface area contributed by atoms with Crippen LogP contribution in [0.25, 0.3) is 10.9 Å². The van der Waals surface area contributed by atoms with Crippen LogP contribution < -0.4 is 10.7 Å². The summed E-state index contributed by atoms with van der Waals surface area (Å²) in [6, 6.07) is 3.83. The number of nitrogens with zero attached hydrogens (tertiary/aromatic N) is 2. The maximum Gasteiger partial charge on any atom is 0.208 e. The first kappa shape index (κ1) is 15.6. The topological polar surface area (TPSA) is 46.9 Å². The molecule has 4 nitrogen and oxygen atoms in total. The molecule has 0 bridgehead atoms. The molecular weight excluding hydrogens is 305 g/mol. The van der Waals surface area contributed by atoms with Crippen molar-refractivity contribution in [3.05, 3.63) is 34.4 Å². The van der Waals surface area contributed by atoms with Gasteiger partial charge in [-0.15, -0.1) is 0 Å². The molecule has 2 aliphatic rings. The summed E-state index contributed by atoms with van der Waals surface area (Å²) in [4.78, 5) is 12.1. The predicted molar refractivity (Wildman–Crippen MR) is 94.0 cm³/mol. The van der Waals surface area contributed by atoms with Crippen LogP contribution in [0.15, 0.2) is 23.1 Å². The Bertz CT molecular complexity index is 789. The molecule has 24 heavy (non-hydrogen) atoms. The molecule has 0 amide bonds. The summed E-state index contributed by atoms with van der Waals surface area (Å²) in [7, 11) is 0. The molecule has 0 aliphatic heterocycles. The highest BCUT2D eigenvalue weighted by molar-refractivity contribution is 5.82. The number of fused-ring (bicyclic) bond motifs is 1. The molecule has 2 saturated carbocycles. The van der Waals surface area contributed by atoms with Gasteiger partial charge in [-0.05, 0) is 37.8 Å². The molecule has 0 unspecified atom stereocenters. The summed E-state index contributed by atoms with van der Waals surface area (Å²) in [5, 5.41) is 8.15. The molecule has 1 aromatic carbocycles. The van der Waals surface area contributed by atoms with Gasteiger partial charge in [0.05, 0.1) is 28.8 Å². The summed E-state index contributed by atoms with van der Waals surface area (Å²) in [6.07, 6.45) is 11.7. The van der Waals surface area contributed by atoms with Gasteiger partial charge in [-0.3, -0.25) is 9.48 Å². The number of rotatable bonds is 3. The van der Waals surface area contributed by atoms with E-state index in [0.717, 1.165) is 31.2 Å². The Balaban J connectivity index is 1.76. The van der Waals surface area contributed by atoms with Gasteiger partial charge in [0, 0.05) is 6.04 Å². The van der Waals surface area contributed by atoms with Crippen molar-refractivity contribution >= 4 is 16.6 Å². The van der Waals surface area contributed by atoms with Gasteiger partial charge in [0.1, 0.15) is 5.82 Å². The number of nitrogens with one attached hydrogen (secondary N) is 1. The molecule has 5 heteroatoms. The number of aromatic nitrogens is 2. The van der Waals surface area contributed by atoms with Gasteiger partial charge in [-0.1, -0.05) is 32.1 Å². The summed E-state index contributed by atoms with van der Waals surface area (Å²) < 4.78 is 16.5. The second-order valence-corrected chi connectivity index (χ2v) is 7.22. The number of halogens is 1. The van der Waals surface area contributed by atoms with Gasteiger partial charge in [0.2, 0.25) is 5.43 Å². The van der Waals surface area contributed by atoms with Crippen LogP contribution in [0.4, 0.5) is 10.1 Å². The van der Waals surface area contributed by atoms with Gasteiger partial charge in [0.25, 0.3) is 0 Å². The maximum absolute atomic E-state index is 14.5. The number of hydrogen-bond acceptors (Lipinski definition) is 3. The highest BCUT2D eigenvalue weighted by Crippen LogP contribution is 2.32. The molecule has 2 fully saturated rings. The first-order valence-corrected chi connectivity index (χ1v) is 9.20. The van der Waals surface area contributed by atoms with E-state index in [0.29, 0.717) is 23.2 Å². The highest BCUT2D eigenvalue weighted by atomic mass is 19.1. The largest absolute Gasteiger partial charge is 0.380 e. The summed E-state index contributed by atoms with van der Waals surface area (Å²) in [5.74, 6) is -0.339. The average molecular weight is 329 g/mol. The van der Waals surface area contributed by atoms with Crippen molar-refractivity contribution in [2.75, 3.05) is 5.32 Å². The molecule has 1 aromatic heterocycles. The normalized spacial score (nSPS) is 19.9. The Kier molecular flexibility index (Phi) is 4.25. The molecule has 1 heterocycles. The standard InChI is InChI=1S/C19H24FN3O/c20-16-10-15-18(11-17(16)22-13-6-2-1-3-7-13)23(21-12-19(15)24)14-8-4-5-9-14/h10-14,22H,1-9H2. The summed E-state index contributed by atoms with van der Waals surface area (Å²) in [5.41, 5.74) is 1.06. The minimum atomic E-state index is -0.339. The predicted octanol–water partition coefficient (Wildman–Crippen LogP) is 4.40. The fraction of sp³-hybridized carbons (Fsp3) is 0.579. The van der Waals surface area contributed by atoms with Gasteiger partial charge in [-0.25, -0.2) is 4.39 Å². The van der Waals surface area contributed by atoms with Crippen LogP contribution >= 0.6 is 0 Å². The first-order valence-electron chi connectivity index (χ1n) is 9.20. The Morgan fingerprint density at radius 2 is 1.75 bits per heavy atom. The minimum absolute atomic E-state index is 0.206. The summed E-state index contributed by atoms with van der Waals surface area (Å²) >= 11 is 0. The van der Waals surface area contributed by atoms with Crippen LogP contribution in [0, 0.1) is 5.82 Å². The summed E-state index contributed by atoms with van der Waals surface area (Å²) in [6.45, 7) is 0. The molecular formula is C19H24FN3O. The fourth-order valence-corrected chi connectivity index (χ4v) is 4.21. The van der Waals surface area contributed by atoms with Crippen molar-refractivity contribution in [3.63, 3.8) is 0 Å². The molecule has 2 aromatic rings. The van der Waals surface area contributed by atoms with E-state index in [1.807, 2.05) is 4.68 Å². The molecule has 0 radical (unpaired) electrons. The molecule has 0 atom stereocenters. The smallest absolute Gasteiger partial charge is 0.208 e. The average Bonchev–Trinajstić information content (AvgIpc) is 3.12. The van der Waals surface area contributed by atoms with Crippen LogP contribution in [-0.4, -0.2) is 15.8 Å². The molecule has 2 aliphatic carbocycles. The number of anilines is 1. The van der Waals surface area contributed by atoms with Crippen molar-refractivity contribution < 1.29 is 4.39 Å². The zero-order chi connectivity index (χ0) is 16.5. The van der Waals surface area contributed by atoms with Crippen molar-refractivity contribution in [2.45, 2.75) is 69.9 Å². The van der Waals surface area contributed by atoms with E-state index >= 15 is 0 Å². The SMILES string of the molecule is O=c1cnn(C2CCCC2)c2cc(NC3CCCCC3)c(F)cc12. The second-order valence-electron chi connectivity index (χ2n) is 7.22. The van der Waals surface area contributed by atoms with Gasteiger partial charge >= 0.3 is 0 Å². The van der Waals surface area contributed by atoms with E-state index in [-0.39, 0.29) is 11.2 Å². The maximum atomic E-state index is 14.5. The second kappa shape index (κ2) is 6.54. The quantitative estimate of drug-likeness (QED) is 0.908. The lowest BCUT2D eigenvalue weighted by Crippen LogP contribution is -2.23. The van der Waals surface area contributed by atoms with Gasteiger partial charge in [-0.2, -0.15) is 5.10 Å². The Morgan fingerprint density at radius 1 is 1.04 bits per heavy atom. The third-order valence-corrected chi connectivity index (χ3v) is 5.53. The zero-order valence-corrected chi connectivity index (χ0v) is 13.9. The van der Waals surface area contributed by atoms with E-state index in [4.69, 9.17) is 0 Å². The van der Waals surface area contributed by atoms with E-state index in [1.54, 1.807) is 6.07 Å². The van der Waals surface area contributed by atoms with Crippen LogP contribution in [0.1, 0.15) is 63.8 Å². The lowest BCUT2D eigenvalue weighted by atomic mass is 9.95. The van der Waals surface area contributed by atoms with Crippen LogP contribution in [0.5, 0.6) is 0 Å². The zero-order valence-electron chi connectivity index (χ0n) is 13.9. The van der Waals surface area contributed by atoms with E-state index < -0.39 is 0 Å². The fourth-order valence-electron chi connectivity index (χ4n) is 4.21. The molecule has 128 valence electrons. The van der Waals surface area contributed by atoms with E-state index in [2.05, 4.69) is 10.4 Å². The first-order chi connectivity index (χ1) is 11.7. The van der Waals surface area contributed by atoms with Crippen LogP contribution in [0.2, 0.25) is 0 Å². The number of hydrogen-bond donors (Lipinski definition) is 1. The molecule has 0 spiro atoms. The Morgan fingerprint density at radius 3 is 2.50 bits per heavy atom. The molecule has 1 N–H and O–H groups in total. The molecule has 0 saturated heterocycles. The minimum Gasteiger partial charge on any atom is -0.380 e. The van der Waals surface area contributed by atoms with Gasteiger partial charge < -0.3 is 5.32 Å². The lowest BCUT2D eigenvalue weighted by molar-refractivity contribution is 0.460. The molecule has 4 rings (SSSR count). The van der Waals surface area contributed by atoms with Crippen LogP contribution in [-0.2, 0) is 0 Å². The van der Waals surface area contributed by atoms with E-state index in [1.165, 1.54) is 44.4 Å².